The van der Waals surface area contributed by atoms with Gasteiger partial charge in [0.25, 0.3) is 6.43 Å². The Kier molecular flexibility index (Phi) is 5.01. The first-order valence-electron chi connectivity index (χ1n) is 7.04. The van der Waals surface area contributed by atoms with E-state index in [4.69, 9.17) is 4.74 Å². The Hall–Kier alpha value is -1.69. The van der Waals surface area contributed by atoms with Crippen LogP contribution in [0.1, 0.15) is 30.7 Å². The van der Waals surface area contributed by atoms with Crippen LogP contribution in [0.3, 0.4) is 0 Å². The van der Waals surface area contributed by atoms with Crippen molar-refractivity contribution in [3.8, 4) is 0 Å². The van der Waals surface area contributed by atoms with Gasteiger partial charge in [-0.1, -0.05) is 12.6 Å². The molecule has 1 heterocycles. The highest BCUT2D eigenvalue weighted by atomic mass is 19.3. The van der Waals surface area contributed by atoms with Gasteiger partial charge >= 0.3 is 0 Å². The van der Waals surface area contributed by atoms with Crippen LogP contribution in [-0.4, -0.2) is 30.9 Å². The van der Waals surface area contributed by atoms with Gasteiger partial charge in [0.05, 0.1) is 5.41 Å². The molecule has 1 fully saturated rings. The smallest absolute Gasteiger partial charge is 0.251 e. The number of carbonyl (C=O) groups is 1. The molecule has 1 aliphatic rings. The molecule has 0 unspecified atom stereocenters. The summed E-state index contributed by atoms with van der Waals surface area (Å²) in [5.41, 5.74) is -0.888. The van der Waals surface area contributed by atoms with Crippen LogP contribution in [0.5, 0.6) is 0 Å². The molecular formula is C16H18F3NO2. The third kappa shape index (κ3) is 3.21. The van der Waals surface area contributed by atoms with Crippen LogP contribution >= 0.6 is 0 Å². The van der Waals surface area contributed by atoms with Gasteiger partial charge in [-0.25, -0.2) is 13.8 Å². The quantitative estimate of drug-likeness (QED) is 0.544. The van der Waals surface area contributed by atoms with Crippen molar-refractivity contribution in [2.45, 2.75) is 31.6 Å². The molecule has 0 spiro atoms. The number of ether oxygens (including phenoxy) is 1. The maximum Gasteiger partial charge on any atom is 0.251 e. The summed E-state index contributed by atoms with van der Waals surface area (Å²) in [7, 11) is 1.51. The SMILES string of the molecule is C=C(C(=O)C1(C(F)F)CC1)[C@@H](CCOC)c1ccc(F)nc1. The number of aromatic nitrogens is 1. The highest BCUT2D eigenvalue weighted by Gasteiger charge is 2.58. The van der Waals surface area contributed by atoms with Crippen molar-refractivity contribution in [1.82, 2.24) is 4.98 Å². The fraction of sp³-hybridized carbons (Fsp3) is 0.500. The summed E-state index contributed by atoms with van der Waals surface area (Å²) in [6, 6.07) is 2.66. The van der Waals surface area contributed by atoms with Crippen LogP contribution < -0.4 is 0 Å². The van der Waals surface area contributed by atoms with Crippen LogP contribution in [0, 0.1) is 11.4 Å². The Bertz CT molecular complexity index is 553. The summed E-state index contributed by atoms with van der Waals surface area (Å²) >= 11 is 0. The molecule has 0 N–H and O–H groups in total. The van der Waals surface area contributed by atoms with Gasteiger partial charge < -0.3 is 4.74 Å². The third-order valence-corrected chi connectivity index (χ3v) is 4.13. The maximum absolute atomic E-state index is 13.1. The monoisotopic (exact) mass is 313 g/mol. The minimum atomic E-state index is -2.69. The van der Waals surface area contributed by atoms with E-state index in [2.05, 4.69) is 11.6 Å². The number of nitrogens with zero attached hydrogens (tertiary/aromatic N) is 1. The molecule has 0 saturated heterocycles. The normalized spacial score (nSPS) is 17.3. The lowest BCUT2D eigenvalue weighted by molar-refractivity contribution is -0.126. The van der Waals surface area contributed by atoms with Gasteiger partial charge in [0.15, 0.2) is 5.78 Å². The minimum Gasteiger partial charge on any atom is -0.385 e. The van der Waals surface area contributed by atoms with Crippen LogP contribution in [-0.2, 0) is 9.53 Å². The second kappa shape index (κ2) is 6.60. The van der Waals surface area contributed by atoms with E-state index in [0.717, 1.165) is 0 Å². The molecule has 0 radical (unpaired) electrons. The lowest BCUT2D eigenvalue weighted by Gasteiger charge is -2.22. The molecule has 1 saturated carbocycles. The topological polar surface area (TPSA) is 39.2 Å². The van der Waals surface area contributed by atoms with E-state index in [1.165, 1.54) is 25.4 Å². The third-order valence-electron chi connectivity index (χ3n) is 4.13. The molecule has 120 valence electrons. The number of alkyl halides is 2. The summed E-state index contributed by atoms with van der Waals surface area (Å²) in [5.74, 6) is -1.75. The standard InChI is InChI=1S/C16H18F3NO2/c1-10(14(21)16(6-7-16)15(18)19)12(5-8-22-2)11-3-4-13(17)20-9-11/h3-4,9,12,15H,1,5-8H2,2H3/t12-/m1/s1. The lowest BCUT2D eigenvalue weighted by Crippen LogP contribution is -2.28. The average Bonchev–Trinajstić information content (AvgIpc) is 3.30. The summed E-state index contributed by atoms with van der Waals surface area (Å²) in [6.45, 7) is 4.06. The second-order valence-corrected chi connectivity index (χ2v) is 5.56. The number of pyridine rings is 1. The van der Waals surface area contributed by atoms with Crippen molar-refractivity contribution in [3.63, 3.8) is 0 Å². The molecule has 0 amide bonds. The van der Waals surface area contributed by atoms with Gasteiger partial charge in [-0.15, -0.1) is 0 Å². The van der Waals surface area contributed by atoms with E-state index < -0.39 is 29.5 Å². The number of carbonyl (C=O) groups excluding carboxylic acids is 1. The first-order chi connectivity index (χ1) is 10.4. The van der Waals surface area contributed by atoms with E-state index in [9.17, 15) is 18.0 Å². The van der Waals surface area contributed by atoms with Gasteiger partial charge in [0, 0.05) is 25.8 Å². The molecule has 3 nitrogen and oxygen atoms in total. The Morgan fingerprint density at radius 2 is 2.14 bits per heavy atom. The minimum absolute atomic E-state index is 0.114. The molecule has 0 aliphatic heterocycles. The first kappa shape index (κ1) is 16.7. The van der Waals surface area contributed by atoms with E-state index in [1.807, 2.05) is 0 Å². The number of allylic oxidation sites excluding steroid dienone is 1. The molecule has 2 rings (SSSR count). The fourth-order valence-electron chi connectivity index (χ4n) is 2.53. The lowest BCUT2D eigenvalue weighted by atomic mass is 9.83. The van der Waals surface area contributed by atoms with Gasteiger partial charge in [-0.2, -0.15) is 4.39 Å². The number of rotatable bonds is 8. The Morgan fingerprint density at radius 1 is 1.45 bits per heavy atom. The first-order valence-corrected chi connectivity index (χ1v) is 7.04. The zero-order chi connectivity index (χ0) is 16.3. The van der Waals surface area contributed by atoms with Gasteiger partial charge in [-0.05, 0) is 36.5 Å². The number of hydrogen-bond acceptors (Lipinski definition) is 3. The predicted octanol–water partition coefficient (Wildman–Crippen LogP) is 3.51. The second-order valence-electron chi connectivity index (χ2n) is 5.56. The van der Waals surface area contributed by atoms with Crippen molar-refractivity contribution in [3.05, 3.63) is 42.0 Å². The zero-order valence-corrected chi connectivity index (χ0v) is 12.3. The summed E-state index contributed by atoms with van der Waals surface area (Å²) in [4.78, 5) is 16.0. The van der Waals surface area contributed by atoms with Crippen molar-refractivity contribution >= 4 is 5.78 Å². The predicted molar refractivity (Wildman–Crippen MR) is 75.2 cm³/mol. The number of Topliss-reactive ketones (excluding diaryl/α,β-unsaturated/α-hetero) is 1. The van der Waals surface area contributed by atoms with Crippen molar-refractivity contribution in [2.24, 2.45) is 5.41 Å². The Morgan fingerprint density at radius 3 is 2.59 bits per heavy atom. The Labute approximate surface area is 127 Å². The summed E-state index contributed by atoms with van der Waals surface area (Å²) < 4.78 is 44.2. The molecule has 1 aliphatic carbocycles. The van der Waals surface area contributed by atoms with E-state index >= 15 is 0 Å². The largest absolute Gasteiger partial charge is 0.385 e. The summed E-state index contributed by atoms with van der Waals surface area (Å²) in [6.07, 6.45) is -0.627. The number of ketones is 1. The summed E-state index contributed by atoms with van der Waals surface area (Å²) in [5, 5.41) is 0. The van der Waals surface area contributed by atoms with Crippen molar-refractivity contribution < 1.29 is 22.7 Å². The number of methoxy groups -OCH3 is 1. The molecule has 6 heteroatoms. The molecule has 0 aromatic carbocycles. The molecule has 1 atom stereocenters. The van der Waals surface area contributed by atoms with Crippen molar-refractivity contribution in [2.75, 3.05) is 13.7 Å². The van der Waals surface area contributed by atoms with Crippen LogP contribution in [0.25, 0.3) is 0 Å². The van der Waals surface area contributed by atoms with E-state index in [0.29, 0.717) is 18.6 Å². The number of halogens is 3. The van der Waals surface area contributed by atoms with Crippen LogP contribution in [0.4, 0.5) is 13.2 Å². The van der Waals surface area contributed by atoms with E-state index in [1.54, 1.807) is 0 Å². The highest BCUT2D eigenvalue weighted by Crippen LogP contribution is 2.54. The number of hydrogen-bond donors (Lipinski definition) is 0. The van der Waals surface area contributed by atoms with Gasteiger partial charge in [-0.3, -0.25) is 4.79 Å². The maximum atomic E-state index is 13.1. The fourth-order valence-corrected chi connectivity index (χ4v) is 2.53. The molecule has 0 bridgehead atoms. The molecular weight excluding hydrogens is 295 g/mol. The van der Waals surface area contributed by atoms with Gasteiger partial charge in [0.1, 0.15) is 0 Å². The average molecular weight is 313 g/mol. The molecule has 1 aromatic heterocycles. The molecule has 22 heavy (non-hydrogen) atoms. The molecule has 1 aromatic rings. The van der Waals surface area contributed by atoms with E-state index in [-0.39, 0.29) is 18.4 Å². The Balaban J connectivity index is 2.23. The zero-order valence-electron chi connectivity index (χ0n) is 12.3. The van der Waals surface area contributed by atoms with Crippen molar-refractivity contribution in [1.29, 1.82) is 0 Å². The van der Waals surface area contributed by atoms with Gasteiger partial charge in [0.2, 0.25) is 5.95 Å². The highest BCUT2D eigenvalue weighted by molar-refractivity contribution is 6.02. The van der Waals surface area contributed by atoms with Crippen LogP contribution in [0.2, 0.25) is 0 Å². The van der Waals surface area contributed by atoms with Crippen LogP contribution in [0.15, 0.2) is 30.5 Å².